The zero-order valence-electron chi connectivity index (χ0n) is 10.3. The minimum atomic E-state index is -0.268. The van der Waals surface area contributed by atoms with Crippen molar-refractivity contribution in [3.8, 4) is 6.07 Å². The number of nitriles is 1. The highest BCUT2D eigenvalue weighted by atomic mass is 16.5. The number of rotatable bonds is 4. The first-order chi connectivity index (χ1) is 8.06. The number of benzene rings is 1. The smallest absolute Gasteiger partial charge is 0.307 e. The molecular formula is C13H16N2O2. The molecule has 4 heteroatoms. The number of carbonyl (C=O) groups excluding carboxylic acids is 1. The Bertz CT molecular complexity index is 449. The van der Waals surface area contributed by atoms with Crippen molar-refractivity contribution in [2.75, 3.05) is 12.4 Å². The first-order valence-corrected chi connectivity index (χ1v) is 5.41. The van der Waals surface area contributed by atoms with Crippen LogP contribution in [0.25, 0.3) is 0 Å². The average molecular weight is 232 g/mol. The number of nitrogens with zero attached hydrogens (tertiary/aromatic N) is 1. The lowest BCUT2D eigenvalue weighted by Crippen LogP contribution is -2.20. The van der Waals surface area contributed by atoms with Gasteiger partial charge < -0.3 is 10.1 Å². The summed E-state index contributed by atoms with van der Waals surface area (Å²) in [6, 6.07) is 7.64. The van der Waals surface area contributed by atoms with Crippen LogP contribution >= 0.6 is 0 Å². The van der Waals surface area contributed by atoms with Crippen molar-refractivity contribution in [1.82, 2.24) is 0 Å². The fourth-order valence-corrected chi connectivity index (χ4v) is 1.53. The van der Waals surface area contributed by atoms with E-state index in [0.717, 1.165) is 11.3 Å². The Hall–Kier alpha value is -2.02. The van der Waals surface area contributed by atoms with E-state index in [4.69, 9.17) is 5.26 Å². The molecule has 1 aromatic carbocycles. The third kappa shape index (κ3) is 3.80. The van der Waals surface area contributed by atoms with Crippen molar-refractivity contribution in [2.24, 2.45) is 0 Å². The van der Waals surface area contributed by atoms with Crippen LogP contribution in [0.2, 0.25) is 0 Å². The standard InChI is InChI=1S/C13H16N2O2/c1-9-4-5-12(11(6-9)8-14)15-10(2)7-13(16)17-3/h4-6,10,15H,7H2,1-3H3. The summed E-state index contributed by atoms with van der Waals surface area (Å²) in [5, 5.41) is 12.1. The van der Waals surface area contributed by atoms with E-state index in [1.54, 1.807) is 0 Å². The molecule has 0 amide bonds. The summed E-state index contributed by atoms with van der Waals surface area (Å²) >= 11 is 0. The van der Waals surface area contributed by atoms with Crippen LogP contribution in [0.3, 0.4) is 0 Å². The highest BCUT2D eigenvalue weighted by molar-refractivity contribution is 5.71. The van der Waals surface area contributed by atoms with Crippen LogP contribution < -0.4 is 5.32 Å². The molecule has 4 nitrogen and oxygen atoms in total. The van der Waals surface area contributed by atoms with E-state index in [9.17, 15) is 4.79 Å². The van der Waals surface area contributed by atoms with Gasteiger partial charge in [0.25, 0.3) is 0 Å². The maximum Gasteiger partial charge on any atom is 0.307 e. The molecule has 0 saturated carbocycles. The van der Waals surface area contributed by atoms with Gasteiger partial charge in [-0.2, -0.15) is 5.26 Å². The summed E-state index contributed by atoms with van der Waals surface area (Å²) in [5.74, 6) is -0.268. The van der Waals surface area contributed by atoms with Gasteiger partial charge in [0, 0.05) is 6.04 Å². The molecule has 0 aromatic heterocycles. The predicted molar refractivity (Wildman–Crippen MR) is 65.6 cm³/mol. The molecule has 0 fully saturated rings. The number of hydrogen-bond donors (Lipinski definition) is 1. The van der Waals surface area contributed by atoms with Crippen LogP contribution in [-0.4, -0.2) is 19.1 Å². The minimum Gasteiger partial charge on any atom is -0.469 e. The quantitative estimate of drug-likeness (QED) is 0.808. The average Bonchev–Trinajstić information content (AvgIpc) is 2.31. The molecule has 0 radical (unpaired) electrons. The first kappa shape index (κ1) is 13.0. The van der Waals surface area contributed by atoms with E-state index in [0.29, 0.717) is 5.56 Å². The van der Waals surface area contributed by atoms with Gasteiger partial charge in [-0.25, -0.2) is 0 Å². The van der Waals surface area contributed by atoms with Crippen LogP contribution in [0.5, 0.6) is 0 Å². The molecule has 0 saturated heterocycles. The monoisotopic (exact) mass is 232 g/mol. The van der Waals surface area contributed by atoms with Gasteiger partial charge in [0.2, 0.25) is 0 Å². The van der Waals surface area contributed by atoms with Gasteiger partial charge in [0.15, 0.2) is 0 Å². The molecule has 1 unspecified atom stereocenters. The predicted octanol–water partition coefficient (Wildman–Crippen LogP) is 2.23. The van der Waals surface area contributed by atoms with Crippen LogP contribution in [0.4, 0.5) is 5.69 Å². The van der Waals surface area contributed by atoms with Gasteiger partial charge in [0.05, 0.1) is 24.8 Å². The Labute approximate surface area is 101 Å². The molecule has 17 heavy (non-hydrogen) atoms. The Morgan fingerprint density at radius 1 is 1.59 bits per heavy atom. The van der Waals surface area contributed by atoms with Gasteiger partial charge in [0.1, 0.15) is 6.07 Å². The van der Waals surface area contributed by atoms with Crippen LogP contribution in [0.15, 0.2) is 18.2 Å². The molecule has 0 aliphatic heterocycles. The Balaban J connectivity index is 2.75. The zero-order valence-corrected chi connectivity index (χ0v) is 10.3. The van der Waals surface area contributed by atoms with E-state index in [1.807, 2.05) is 32.0 Å². The fourth-order valence-electron chi connectivity index (χ4n) is 1.53. The second kappa shape index (κ2) is 5.90. The minimum absolute atomic E-state index is 0.0720. The highest BCUT2D eigenvalue weighted by Crippen LogP contribution is 2.17. The normalized spacial score (nSPS) is 11.4. The van der Waals surface area contributed by atoms with Gasteiger partial charge in [-0.1, -0.05) is 6.07 Å². The third-order valence-corrected chi connectivity index (χ3v) is 2.40. The van der Waals surface area contributed by atoms with Gasteiger partial charge >= 0.3 is 5.97 Å². The summed E-state index contributed by atoms with van der Waals surface area (Å²) in [7, 11) is 1.36. The van der Waals surface area contributed by atoms with Crippen molar-refractivity contribution >= 4 is 11.7 Å². The van der Waals surface area contributed by atoms with E-state index in [-0.39, 0.29) is 18.4 Å². The molecular weight excluding hydrogens is 216 g/mol. The number of hydrogen-bond acceptors (Lipinski definition) is 4. The molecule has 0 bridgehead atoms. The van der Waals surface area contributed by atoms with E-state index < -0.39 is 0 Å². The van der Waals surface area contributed by atoms with E-state index in [1.165, 1.54) is 7.11 Å². The van der Waals surface area contributed by atoms with E-state index in [2.05, 4.69) is 16.1 Å². The lowest BCUT2D eigenvalue weighted by molar-refractivity contribution is -0.140. The summed E-state index contributed by atoms with van der Waals surface area (Å²) < 4.78 is 4.59. The molecule has 1 rings (SSSR count). The molecule has 0 spiro atoms. The molecule has 1 aromatic rings. The summed E-state index contributed by atoms with van der Waals surface area (Å²) in [4.78, 5) is 11.1. The molecule has 0 aliphatic rings. The SMILES string of the molecule is COC(=O)CC(C)Nc1ccc(C)cc1C#N. The number of methoxy groups -OCH3 is 1. The second-order valence-electron chi connectivity index (χ2n) is 3.99. The summed E-state index contributed by atoms with van der Waals surface area (Å²) in [6.45, 7) is 3.81. The number of nitrogens with one attached hydrogen (secondary N) is 1. The van der Waals surface area contributed by atoms with Crippen molar-refractivity contribution in [1.29, 1.82) is 5.26 Å². The zero-order chi connectivity index (χ0) is 12.8. The maximum absolute atomic E-state index is 11.1. The molecule has 0 aliphatic carbocycles. The Morgan fingerprint density at radius 2 is 2.29 bits per heavy atom. The van der Waals surface area contributed by atoms with Crippen LogP contribution in [0.1, 0.15) is 24.5 Å². The molecule has 90 valence electrons. The van der Waals surface area contributed by atoms with Gasteiger partial charge in [-0.15, -0.1) is 0 Å². The Morgan fingerprint density at radius 3 is 2.88 bits per heavy atom. The van der Waals surface area contributed by atoms with Gasteiger partial charge in [-0.05, 0) is 31.5 Å². The fraction of sp³-hybridized carbons (Fsp3) is 0.385. The summed E-state index contributed by atoms with van der Waals surface area (Å²) in [6.07, 6.45) is 0.273. The van der Waals surface area contributed by atoms with Gasteiger partial charge in [-0.3, -0.25) is 4.79 Å². The number of esters is 1. The Kier molecular flexibility index (Phi) is 4.53. The summed E-state index contributed by atoms with van der Waals surface area (Å²) in [5.41, 5.74) is 2.36. The number of anilines is 1. The lowest BCUT2D eigenvalue weighted by atomic mass is 10.1. The number of ether oxygens (including phenoxy) is 1. The second-order valence-corrected chi connectivity index (χ2v) is 3.99. The number of aryl methyl sites for hydroxylation is 1. The largest absolute Gasteiger partial charge is 0.469 e. The topological polar surface area (TPSA) is 62.1 Å². The molecule has 0 heterocycles. The van der Waals surface area contributed by atoms with Crippen LogP contribution in [0, 0.1) is 18.3 Å². The lowest BCUT2D eigenvalue weighted by Gasteiger charge is -2.15. The maximum atomic E-state index is 11.1. The van der Waals surface area contributed by atoms with Crippen LogP contribution in [-0.2, 0) is 9.53 Å². The molecule has 1 atom stereocenters. The van der Waals surface area contributed by atoms with E-state index >= 15 is 0 Å². The van der Waals surface area contributed by atoms with Crippen molar-refractivity contribution in [3.05, 3.63) is 29.3 Å². The van der Waals surface area contributed by atoms with Crippen molar-refractivity contribution in [3.63, 3.8) is 0 Å². The van der Waals surface area contributed by atoms with Crippen molar-refractivity contribution < 1.29 is 9.53 Å². The van der Waals surface area contributed by atoms with Crippen molar-refractivity contribution in [2.45, 2.75) is 26.3 Å². The molecule has 1 N–H and O–H groups in total. The number of carbonyl (C=O) groups is 1. The first-order valence-electron chi connectivity index (χ1n) is 5.41. The third-order valence-electron chi connectivity index (χ3n) is 2.40. The highest BCUT2D eigenvalue weighted by Gasteiger charge is 2.10.